The van der Waals surface area contributed by atoms with Crippen LogP contribution in [0.3, 0.4) is 0 Å². The highest BCUT2D eigenvalue weighted by Gasteiger charge is 2.51. The minimum absolute atomic E-state index is 0.0949. The van der Waals surface area contributed by atoms with E-state index in [1.807, 2.05) is 13.0 Å². The molecule has 2 fully saturated rings. The molecule has 0 aromatic heterocycles. The van der Waals surface area contributed by atoms with Crippen molar-refractivity contribution < 1.29 is 19.7 Å². The molecule has 1 spiro atoms. The monoisotopic (exact) mass is 256 g/mol. The Morgan fingerprint density at radius 1 is 1.28 bits per heavy atom. The van der Waals surface area contributed by atoms with Crippen LogP contribution in [0.2, 0.25) is 0 Å². The third-order valence-corrected chi connectivity index (χ3v) is 4.10. The van der Waals surface area contributed by atoms with Crippen LogP contribution < -0.4 is 0 Å². The Bertz CT molecular complexity index is 286. The molecule has 104 valence electrons. The Morgan fingerprint density at radius 3 is 2.44 bits per heavy atom. The molecule has 4 nitrogen and oxygen atoms in total. The smallest absolute Gasteiger partial charge is 0.169 e. The number of aliphatic hydroxyl groups is 2. The number of hydrogen-bond acceptors (Lipinski definition) is 4. The van der Waals surface area contributed by atoms with Crippen molar-refractivity contribution in [1.29, 1.82) is 0 Å². The zero-order valence-electron chi connectivity index (χ0n) is 11.0. The van der Waals surface area contributed by atoms with E-state index in [1.165, 1.54) is 6.42 Å². The van der Waals surface area contributed by atoms with Crippen molar-refractivity contribution in [2.75, 3.05) is 6.61 Å². The first-order chi connectivity index (χ1) is 8.62. The third kappa shape index (κ3) is 2.62. The van der Waals surface area contributed by atoms with Crippen LogP contribution in [-0.2, 0) is 9.47 Å². The van der Waals surface area contributed by atoms with Gasteiger partial charge in [-0.1, -0.05) is 19.4 Å². The van der Waals surface area contributed by atoms with Gasteiger partial charge in [0.15, 0.2) is 5.79 Å². The van der Waals surface area contributed by atoms with E-state index in [9.17, 15) is 5.11 Å². The maximum absolute atomic E-state index is 9.90. The fourth-order valence-corrected chi connectivity index (χ4v) is 2.93. The second kappa shape index (κ2) is 5.70. The first-order valence-corrected chi connectivity index (χ1v) is 6.89. The molecule has 2 N–H and O–H groups in total. The van der Waals surface area contributed by atoms with Gasteiger partial charge < -0.3 is 19.7 Å². The van der Waals surface area contributed by atoms with Gasteiger partial charge in [-0.05, 0) is 12.8 Å². The van der Waals surface area contributed by atoms with E-state index in [0.29, 0.717) is 0 Å². The van der Waals surface area contributed by atoms with Crippen molar-refractivity contribution in [3.63, 3.8) is 0 Å². The molecule has 4 unspecified atom stereocenters. The SMILES string of the molecule is C=CC(C)C1OC2(CCCCC2)OC1C(O)CO. The van der Waals surface area contributed by atoms with Gasteiger partial charge in [-0.3, -0.25) is 0 Å². The highest BCUT2D eigenvalue weighted by molar-refractivity contribution is 4.97. The Balaban J connectivity index is 2.13. The molecule has 0 bridgehead atoms. The minimum Gasteiger partial charge on any atom is -0.394 e. The van der Waals surface area contributed by atoms with Crippen LogP contribution in [0.1, 0.15) is 39.0 Å². The lowest BCUT2D eigenvalue weighted by atomic mass is 9.94. The van der Waals surface area contributed by atoms with Crippen molar-refractivity contribution in [3.05, 3.63) is 12.7 Å². The van der Waals surface area contributed by atoms with Crippen LogP contribution in [-0.4, -0.2) is 40.9 Å². The Kier molecular flexibility index (Phi) is 4.43. The molecule has 1 aliphatic carbocycles. The molecular formula is C14H24O4. The maximum atomic E-state index is 9.90. The van der Waals surface area contributed by atoms with Crippen LogP contribution in [0, 0.1) is 5.92 Å². The standard InChI is InChI=1S/C14H24O4/c1-3-10(2)12-13(11(16)9-15)18-14(17-12)7-5-4-6-8-14/h3,10-13,15-16H,1,4-9H2,2H3. The van der Waals surface area contributed by atoms with E-state index in [4.69, 9.17) is 14.6 Å². The lowest BCUT2D eigenvalue weighted by Crippen LogP contribution is -2.40. The molecule has 4 atom stereocenters. The Hall–Kier alpha value is -0.420. The fourth-order valence-electron chi connectivity index (χ4n) is 2.93. The predicted molar refractivity (Wildman–Crippen MR) is 68.0 cm³/mol. The van der Waals surface area contributed by atoms with Gasteiger partial charge in [0, 0.05) is 18.8 Å². The lowest BCUT2D eigenvalue weighted by Gasteiger charge is -2.32. The Labute approximate surface area is 109 Å². The first-order valence-electron chi connectivity index (χ1n) is 6.89. The largest absolute Gasteiger partial charge is 0.394 e. The van der Waals surface area contributed by atoms with Crippen LogP contribution in [0.5, 0.6) is 0 Å². The molecule has 0 aromatic rings. The summed E-state index contributed by atoms with van der Waals surface area (Å²) < 4.78 is 12.1. The summed E-state index contributed by atoms with van der Waals surface area (Å²) in [6, 6.07) is 0. The molecule has 0 amide bonds. The molecule has 2 rings (SSSR count). The van der Waals surface area contributed by atoms with Crippen LogP contribution in [0.15, 0.2) is 12.7 Å². The fraction of sp³-hybridized carbons (Fsp3) is 0.857. The first kappa shape index (κ1) is 14.0. The number of ether oxygens (including phenoxy) is 2. The zero-order chi connectivity index (χ0) is 13.2. The second-order valence-corrected chi connectivity index (χ2v) is 5.48. The highest BCUT2D eigenvalue weighted by atomic mass is 16.8. The average Bonchev–Trinajstić information content (AvgIpc) is 2.77. The summed E-state index contributed by atoms with van der Waals surface area (Å²) in [7, 11) is 0. The molecule has 0 aromatic carbocycles. The minimum atomic E-state index is -0.890. The van der Waals surface area contributed by atoms with Gasteiger partial charge in [-0.2, -0.15) is 0 Å². The van der Waals surface area contributed by atoms with E-state index in [2.05, 4.69) is 6.58 Å². The third-order valence-electron chi connectivity index (χ3n) is 4.10. The van der Waals surface area contributed by atoms with Crippen LogP contribution in [0.4, 0.5) is 0 Å². The van der Waals surface area contributed by atoms with E-state index in [-0.39, 0.29) is 18.6 Å². The lowest BCUT2D eigenvalue weighted by molar-refractivity contribution is -0.202. The van der Waals surface area contributed by atoms with E-state index in [0.717, 1.165) is 25.7 Å². The normalized spacial score (nSPS) is 34.4. The molecular weight excluding hydrogens is 232 g/mol. The van der Waals surface area contributed by atoms with Crippen molar-refractivity contribution >= 4 is 0 Å². The summed E-state index contributed by atoms with van der Waals surface area (Å²) in [5.41, 5.74) is 0. The maximum Gasteiger partial charge on any atom is 0.169 e. The summed E-state index contributed by atoms with van der Waals surface area (Å²) in [6.07, 6.45) is 5.40. The molecule has 4 heteroatoms. The van der Waals surface area contributed by atoms with E-state index < -0.39 is 18.0 Å². The molecule has 18 heavy (non-hydrogen) atoms. The number of aliphatic hydroxyl groups excluding tert-OH is 2. The number of hydrogen-bond donors (Lipinski definition) is 2. The van der Waals surface area contributed by atoms with Gasteiger partial charge >= 0.3 is 0 Å². The van der Waals surface area contributed by atoms with Gasteiger partial charge in [-0.25, -0.2) is 0 Å². The van der Waals surface area contributed by atoms with Gasteiger partial charge in [-0.15, -0.1) is 6.58 Å². The van der Waals surface area contributed by atoms with Gasteiger partial charge in [0.25, 0.3) is 0 Å². The quantitative estimate of drug-likeness (QED) is 0.750. The van der Waals surface area contributed by atoms with Crippen LogP contribution >= 0.6 is 0 Å². The number of rotatable bonds is 4. The van der Waals surface area contributed by atoms with E-state index in [1.54, 1.807) is 0 Å². The summed E-state index contributed by atoms with van der Waals surface area (Å²) in [4.78, 5) is 0. The second-order valence-electron chi connectivity index (χ2n) is 5.48. The van der Waals surface area contributed by atoms with Crippen molar-refractivity contribution in [2.45, 2.75) is 63.1 Å². The summed E-state index contributed by atoms with van der Waals surface area (Å²) in [5, 5.41) is 19.0. The molecule has 1 saturated carbocycles. The van der Waals surface area contributed by atoms with Crippen molar-refractivity contribution in [3.8, 4) is 0 Å². The molecule has 1 saturated heterocycles. The zero-order valence-corrected chi connectivity index (χ0v) is 11.0. The molecule has 1 aliphatic heterocycles. The summed E-state index contributed by atoms with van der Waals surface area (Å²) >= 11 is 0. The molecule has 0 radical (unpaired) electrons. The summed E-state index contributed by atoms with van der Waals surface area (Å²) in [5.74, 6) is -0.446. The van der Waals surface area contributed by atoms with Crippen molar-refractivity contribution in [1.82, 2.24) is 0 Å². The van der Waals surface area contributed by atoms with Gasteiger partial charge in [0.1, 0.15) is 12.2 Å². The van der Waals surface area contributed by atoms with Gasteiger partial charge in [0.2, 0.25) is 0 Å². The molecule has 2 aliphatic rings. The predicted octanol–water partition coefficient (Wildman–Crippen LogP) is 1.61. The van der Waals surface area contributed by atoms with Crippen LogP contribution in [0.25, 0.3) is 0 Å². The molecule has 1 heterocycles. The van der Waals surface area contributed by atoms with E-state index >= 15 is 0 Å². The average molecular weight is 256 g/mol. The summed E-state index contributed by atoms with van der Waals surface area (Å²) in [6.45, 7) is 5.48. The topological polar surface area (TPSA) is 58.9 Å². The van der Waals surface area contributed by atoms with Gasteiger partial charge in [0.05, 0.1) is 12.7 Å². The van der Waals surface area contributed by atoms with Crippen molar-refractivity contribution in [2.24, 2.45) is 5.92 Å². The Morgan fingerprint density at radius 2 is 1.89 bits per heavy atom. The highest BCUT2D eigenvalue weighted by Crippen LogP contribution is 2.43.